The maximum Gasteiger partial charge on any atom is 0.258 e. The Balaban J connectivity index is 1.40. The van der Waals surface area contributed by atoms with Crippen molar-refractivity contribution in [2.45, 2.75) is 6.54 Å². The molecule has 0 unspecified atom stereocenters. The maximum atomic E-state index is 13.1. The van der Waals surface area contributed by atoms with Crippen LogP contribution in [0, 0.1) is 5.82 Å². The lowest BCUT2D eigenvalue weighted by Gasteiger charge is -2.36. The van der Waals surface area contributed by atoms with Crippen LogP contribution in [-0.4, -0.2) is 54.1 Å². The number of nitrogens with one attached hydrogen (secondary N) is 1. The van der Waals surface area contributed by atoms with Gasteiger partial charge >= 0.3 is 0 Å². The van der Waals surface area contributed by atoms with Gasteiger partial charge in [0.25, 0.3) is 5.91 Å². The number of benzene rings is 1. The second-order valence-corrected chi connectivity index (χ2v) is 7.09. The van der Waals surface area contributed by atoms with Gasteiger partial charge in [-0.1, -0.05) is 6.07 Å². The van der Waals surface area contributed by atoms with E-state index in [1.807, 2.05) is 17.0 Å². The predicted octanol–water partition coefficient (Wildman–Crippen LogP) is 2.28. The number of ether oxygens (including phenoxy) is 1. The Morgan fingerprint density at radius 3 is 2.52 bits per heavy atom. The van der Waals surface area contributed by atoms with E-state index in [2.05, 4.69) is 25.2 Å². The van der Waals surface area contributed by atoms with Crippen LogP contribution < -0.4 is 19.9 Å². The van der Waals surface area contributed by atoms with Crippen LogP contribution in [0.3, 0.4) is 0 Å². The summed E-state index contributed by atoms with van der Waals surface area (Å²) in [7, 11) is 1.48. The Morgan fingerprint density at radius 1 is 1.10 bits per heavy atom. The standard InChI is InChI=1S/C22H23FN6O2/c1-31-21-19(20(30)25-14-16-3-2-8-24-13-16)15-26-22(27-21)29-11-9-28(10-12-29)18-6-4-17(23)5-7-18/h2-8,13,15H,9-12,14H2,1H3,(H,25,30). The van der Waals surface area contributed by atoms with Crippen LogP contribution in [0.2, 0.25) is 0 Å². The molecule has 160 valence electrons. The number of carbonyl (C=O) groups is 1. The fraction of sp³-hybridized carbons (Fsp3) is 0.273. The molecule has 0 saturated carbocycles. The third kappa shape index (κ3) is 4.88. The largest absolute Gasteiger partial charge is 0.480 e. The summed E-state index contributed by atoms with van der Waals surface area (Å²) < 4.78 is 18.5. The minimum Gasteiger partial charge on any atom is -0.480 e. The van der Waals surface area contributed by atoms with Gasteiger partial charge in [0.05, 0.1) is 7.11 Å². The van der Waals surface area contributed by atoms with Crippen LogP contribution in [0.15, 0.2) is 55.0 Å². The molecule has 9 heteroatoms. The lowest BCUT2D eigenvalue weighted by molar-refractivity contribution is 0.0946. The first-order valence-corrected chi connectivity index (χ1v) is 9.97. The summed E-state index contributed by atoms with van der Waals surface area (Å²) in [4.78, 5) is 29.7. The summed E-state index contributed by atoms with van der Waals surface area (Å²) in [6.45, 7) is 3.26. The van der Waals surface area contributed by atoms with Crippen LogP contribution in [0.25, 0.3) is 0 Å². The maximum absolute atomic E-state index is 13.1. The summed E-state index contributed by atoms with van der Waals surface area (Å²) in [5, 5.41) is 2.83. The molecule has 0 bridgehead atoms. The van der Waals surface area contributed by atoms with E-state index in [-0.39, 0.29) is 23.2 Å². The lowest BCUT2D eigenvalue weighted by atomic mass is 10.2. The highest BCUT2D eigenvalue weighted by Crippen LogP contribution is 2.22. The molecule has 1 aliphatic heterocycles. The van der Waals surface area contributed by atoms with E-state index in [1.165, 1.54) is 25.4 Å². The highest BCUT2D eigenvalue weighted by molar-refractivity contribution is 5.96. The molecule has 2 aromatic heterocycles. The number of hydrogen-bond acceptors (Lipinski definition) is 7. The van der Waals surface area contributed by atoms with Crippen molar-refractivity contribution in [3.63, 3.8) is 0 Å². The Morgan fingerprint density at radius 2 is 1.84 bits per heavy atom. The summed E-state index contributed by atoms with van der Waals surface area (Å²) in [6, 6.07) is 10.2. The molecule has 0 spiro atoms. The molecule has 1 fully saturated rings. The van der Waals surface area contributed by atoms with Gasteiger partial charge in [-0.05, 0) is 35.9 Å². The van der Waals surface area contributed by atoms with Crippen molar-refractivity contribution < 1.29 is 13.9 Å². The summed E-state index contributed by atoms with van der Waals surface area (Å²) >= 11 is 0. The van der Waals surface area contributed by atoms with Gasteiger partial charge in [-0.25, -0.2) is 9.37 Å². The van der Waals surface area contributed by atoms with Crippen LogP contribution in [0.5, 0.6) is 5.88 Å². The quantitative estimate of drug-likeness (QED) is 0.652. The molecule has 1 aliphatic rings. The SMILES string of the molecule is COc1nc(N2CCN(c3ccc(F)cc3)CC2)ncc1C(=O)NCc1cccnc1. The smallest absolute Gasteiger partial charge is 0.258 e. The van der Waals surface area contributed by atoms with Crippen LogP contribution in [-0.2, 0) is 6.54 Å². The van der Waals surface area contributed by atoms with Crippen LogP contribution in [0.1, 0.15) is 15.9 Å². The van der Waals surface area contributed by atoms with Gasteiger partial charge in [0.2, 0.25) is 11.8 Å². The monoisotopic (exact) mass is 422 g/mol. The van der Waals surface area contributed by atoms with Gasteiger partial charge < -0.3 is 19.9 Å². The molecule has 1 amide bonds. The third-order valence-corrected chi connectivity index (χ3v) is 5.11. The van der Waals surface area contributed by atoms with Crippen LogP contribution in [0.4, 0.5) is 16.0 Å². The van der Waals surface area contributed by atoms with Crippen molar-refractivity contribution in [1.82, 2.24) is 20.3 Å². The topological polar surface area (TPSA) is 83.5 Å². The fourth-order valence-corrected chi connectivity index (χ4v) is 3.42. The normalized spacial score (nSPS) is 13.7. The van der Waals surface area contributed by atoms with Gasteiger partial charge in [0, 0.05) is 57.0 Å². The second kappa shape index (κ2) is 9.38. The van der Waals surface area contributed by atoms with Crippen LogP contribution >= 0.6 is 0 Å². The van der Waals surface area contributed by atoms with E-state index in [9.17, 15) is 9.18 Å². The fourth-order valence-electron chi connectivity index (χ4n) is 3.42. The van der Waals surface area contributed by atoms with E-state index in [0.29, 0.717) is 25.6 Å². The van der Waals surface area contributed by atoms with E-state index < -0.39 is 0 Å². The molecule has 3 aromatic rings. The molecule has 31 heavy (non-hydrogen) atoms. The molecule has 1 aromatic carbocycles. The molecule has 0 aliphatic carbocycles. The number of hydrogen-bond donors (Lipinski definition) is 1. The van der Waals surface area contributed by atoms with Crippen molar-refractivity contribution >= 4 is 17.5 Å². The number of amides is 1. The van der Waals surface area contributed by atoms with Gasteiger partial charge in [-0.15, -0.1) is 0 Å². The zero-order chi connectivity index (χ0) is 21.6. The zero-order valence-electron chi connectivity index (χ0n) is 17.2. The molecular formula is C22H23FN6O2. The average Bonchev–Trinajstić information content (AvgIpc) is 2.83. The number of anilines is 2. The second-order valence-electron chi connectivity index (χ2n) is 7.09. The number of carbonyl (C=O) groups excluding carboxylic acids is 1. The summed E-state index contributed by atoms with van der Waals surface area (Å²) in [5.74, 6) is 0.190. The number of aromatic nitrogens is 3. The van der Waals surface area contributed by atoms with E-state index in [4.69, 9.17) is 4.74 Å². The van der Waals surface area contributed by atoms with Crippen molar-refractivity contribution in [2.75, 3.05) is 43.1 Å². The molecule has 0 atom stereocenters. The number of halogens is 1. The van der Waals surface area contributed by atoms with E-state index >= 15 is 0 Å². The first-order valence-electron chi connectivity index (χ1n) is 9.97. The molecule has 3 heterocycles. The summed E-state index contributed by atoms with van der Waals surface area (Å²) in [5.41, 5.74) is 2.16. The number of methoxy groups -OCH3 is 1. The highest BCUT2D eigenvalue weighted by atomic mass is 19.1. The zero-order valence-corrected chi connectivity index (χ0v) is 17.2. The predicted molar refractivity (Wildman–Crippen MR) is 115 cm³/mol. The first-order chi connectivity index (χ1) is 15.1. The lowest BCUT2D eigenvalue weighted by Crippen LogP contribution is -2.47. The Hall–Kier alpha value is -3.75. The van der Waals surface area contributed by atoms with Gasteiger partial charge in [0.1, 0.15) is 11.4 Å². The van der Waals surface area contributed by atoms with E-state index in [1.54, 1.807) is 24.5 Å². The molecule has 4 rings (SSSR count). The number of rotatable bonds is 6. The Kier molecular flexibility index (Phi) is 6.21. The van der Waals surface area contributed by atoms with Crippen molar-refractivity contribution in [1.29, 1.82) is 0 Å². The molecule has 0 radical (unpaired) electrons. The summed E-state index contributed by atoms with van der Waals surface area (Å²) in [6.07, 6.45) is 4.87. The number of pyridine rings is 1. The molecular weight excluding hydrogens is 399 g/mol. The number of piperazine rings is 1. The van der Waals surface area contributed by atoms with Gasteiger partial charge in [-0.2, -0.15) is 4.98 Å². The number of nitrogens with zero attached hydrogens (tertiary/aromatic N) is 5. The average molecular weight is 422 g/mol. The minimum atomic E-state index is -0.312. The van der Waals surface area contributed by atoms with Crippen molar-refractivity contribution in [3.8, 4) is 5.88 Å². The first kappa shape index (κ1) is 20.5. The Labute approximate surface area is 179 Å². The van der Waals surface area contributed by atoms with Crippen molar-refractivity contribution in [2.24, 2.45) is 0 Å². The molecule has 1 saturated heterocycles. The highest BCUT2D eigenvalue weighted by Gasteiger charge is 2.22. The third-order valence-electron chi connectivity index (χ3n) is 5.11. The van der Waals surface area contributed by atoms with Gasteiger partial charge in [0.15, 0.2) is 0 Å². The van der Waals surface area contributed by atoms with Crippen molar-refractivity contribution in [3.05, 3.63) is 71.9 Å². The molecule has 8 nitrogen and oxygen atoms in total. The molecule has 1 N–H and O–H groups in total. The van der Waals surface area contributed by atoms with Gasteiger partial charge in [-0.3, -0.25) is 9.78 Å². The van der Waals surface area contributed by atoms with E-state index in [0.717, 1.165) is 24.3 Å². The minimum absolute atomic E-state index is 0.231. The Bertz CT molecular complexity index is 1020.